The second-order valence-corrected chi connectivity index (χ2v) is 7.41. The molecule has 21 heavy (non-hydrogen) atoms. The summed E-state index contributed by atoms with van der Waals surface area (Å²) in [6.07, 6.45) is 1.93. The molecule has 1 amide bonds. The SMILES string of the molecule is CC(C)c1ccc(C2(CNC(=O)OC(C)(C)C)CC2)cc1. The molecule has 2 rings (SSSR count). The number of nitrogens with one attached hydrogen (secondary N) is 1. The Bertz CT molecular complexity index is 493. The van der Waals surface area contributed by atoms with Crippen molar-refractivity contribution in [2.24, 2.45) is 0 Å². The average Bonchev–Trinajstić information content (AvgIpc) is 3.16. The van der Waals surface area contributed by atoms with Crippen molar-refractivity contribution >= 4 is 6.09 Å². The lowest BCUT2D eigenvalue weighted by atomic mass is 9.93. The number of ether oxygens (including phenoxy) is 1. The van der Waals surface area contributed by atoms with Crippen molar-refractivity contribution in [3.8, 4) is 0 Å². The molecular formula is C18H27NO2. The number of carbonyl (C=O) groups excluding carboxylic acids is 1. The fourth-order valence-electron chi connectivity index (χ4n) is 2.50. The van der Waals surface area contributed by atoms with Gasteiger partial charge in [-0.15, -0.1) is 0 Å². The van der Waals surface area contributed by atoms with E-state index in [9.17, 15) is 4.79 Å². The highest BCUT2D eigenvalue weighted by Gasteiger charge is 2.44. The van der Waals surface area contributed by atoms with Crippen LogP contribution >= 0.6 is 0 Å². The zero-order valence-electron chi connectivity index (χ0n) is 13.8. The van der Waals surface area contributed by atoms with E-state index in [0.29, 0.717) is 12.5 Å². The van der Waals surface area contributed by atoms with Crippen LogP contribution in [-0.4, -0.2) is 18.2 Å². The van der Waals surface area contributed by atoms with Crippen LogP contribution in [0.1, 0.15) is 64.5 Å². The first kappa shape index (κ1) is 15.9. The Hall–Kier alpha value is -1.51. The molecule has 0 saturated heterocycles. The highest BCUT2D eigenvalue weighted by atomic mass is 16.6. The standard InChI is InChI=1S/C18H27NO2/c1-13(2)14-6-8-15(9-7-14)18(10-11-18)12-19-16(20)21-17(3,4)5/h6-9,13H,10-12H2,1-5H3,(H,19,20). The van der Waals surface area contributed by atoms with Gasteiger partial charge in [0.05, 0.1) is 0 Å². The molecule has 0 aliphatic heterocycles. The average molecular weight is 289 g/mol. The van der Waals surface area contributed by atoms with Crippen LogP contribution in [0, 0.1) is 0 Å². The topological polar surface area (TPSA) is 38.3 Å². The summed E-state index contributed by atoms with van der Waals surface area (Å²) < 4.78 is 5.30. The van der Waals surface area contributed by atoms with Gasteiger partial charge in [0.25, 0.3) is 0 Å². The fourth-order valence-corrected chi connectivity index (χ4v) is 2.50. The Kier molecular flexibility index (Phi) is 4.31. The minimum atomic E-state index is -0.445. The summed E-state index contributed by atoms with van der Waals surface area (Å²) in [6, 6.07) is 8.82. The van der Waals surface area contributed by atoms with Gasteiger partial charge in [-0.25, -0.2) is 4.79 Å². The fraction of sp³-hybridized carbons (Fsp3) is 0.611. The molecule has 1 saturated carbocycles. The van der Waals surface area contributed by atoms with Crippen molar-refractivity contribution in [1.82, 2.24) is 5.32 Å². The van der Waals surface area contributed by atoms with E-state index in [1.807, 2.05) is 20.8 Å². The van der Waals surface area contributed by atoms with Crippen LogP contribution in [0.3, 0.4) is 0 Å². The van der Waals surface area contributed by atoms with E-state index >= 15 is 0 Å². The maximum Gasteiger partial charge on any atom is 0.407 e. The van der Waals surface area contributed by atoms with Crippen molar-refractivity contribution in [3.05, 3.63) is 35.4 Å². The summed E-state index contributed by atoms with van der Waals surface area (Å²) in [5, 5.41) is 2.92. The molecule has 0 unspecified atom stereocenters. The molecule has 0 atom stereocenters. The quantitative estimate of drug-likeness (QED) is 0.894. The van der Waals surface area contributed by atoms with E-state index < -0.39 is 5.60 Å². The molecule has 0 aromatic heterocycles. The highest BCUT2D eigenvalue weighted by molar-refractivity contribution is 5.68. The molecule has 0 bridgehead atoms. The minimum Gasteiger partial charge on any atom is -0.444 e. The maximum atomic E-state index is 11.8. The second kappa shape index (κ2) is 5.70. The van der Waals surface area contributed by atoms with Gasteiger partial charge in [-0.05, 0) is 50.7 Å². The number of hydrogen-bond donors (Lipinski definition) is 1. The molecule has 1 aromatic carbocycles. The molecule has 1 aliphatic rings. The second-order valence-electron chi connectivity index (χ2n) is 7.41. The van der Waals surface area contributed by atoms with Gasteiger partial charge in [0.2, 0.25) is 0 Å². The van der Waals surface area contributed by atoms with E-state index in [0.717, 1.165) is 12.8 Å². The zero-order chi connectivity index (χ0) is 15.7. The third kappa shape index (κ3) is 4.23. The van der Waals surface area contributed by atoms with Crippen LogP contribution in [0.2, 0.25) is 0 Å². The molecule has 1 aliphatic carbocycles. The molecular weight excluding hydrogens is 262 g/mol. The predicted octanol–water partition coefficient (Wildman–Crippen LogP) is 4.37. The first-order valence-electron chi connectivity index (χ1n) is 7.79. The van der Waals surface area contributed by atoms with Crippen LogP contribution in [0.15, 0.2) is 24.3 Å². The number of rotatable bonds is 4. The maximum absolute atomic E-state index is 11.8. The monoisotopic (exact) mass is 289 g/mol. The van der Waals surface area contributed by atoms with Gasteiger partial charge in [-0.1, -0.05) is 38.1 Å². The van der Waals surface area contributed by atoms with E-state index in [1.165, 1.54) is 11.1 Å². The van der Waals surface area contributed by atoms with E-state index in [4.69, 9.17) is 4.74 Å². The van der Waals surface area contributed by atoms with Crippen LogP contribution in [0.25, 0.3) is 0 Å². The lowest BCUT2D eigenvalue weighted by Gasteiger charge is -2.22. The van der Waals surface area contributed by atoms with Gasteiger partial charge in [0.1, 0.15) is 5.60 Å². The summed E-state index contributed by atoms with van der Waals surface area (Å²) >= 11 is 0. The molecule has 1 fully saturated rings. The highest BCUT2D eigenvalue weighted by Crippen LogP contribution is 2.47. The molecule has 3 heteroatoms. The lowest BCUT2D eigenvalue weighted by Crippen LogP contribution is -2.37. The molecule has 0 radical (unpaired) electrons. The normalized spacial score (nSPS) is 16.7. The summed E-state index contributed by atoms with van der Waals surface area (Å²) in [5.41, 5.74) is 2.35. The van der Waals surface area contributed by atoms with Gasteiger partial charge in [-0.3, -0.25) is 0 Å². The summed E-state index contributed by atoms with van der Waals surface area (Å²) in [7, 11) is 0. The molecule has 1 N–H and O–H groups in total. The lowest BCUT2D eigenvalue weighted by molar-refractivity contribution is 0.0522. The third-order valence-electron chi connectivity index (χ3n) is 4.01. The van der Waals surface area contributed by atoms with E-state index in [2.05, 4.69) is 43.4 Å². The van der Waals surface area contributed by atoms with Crippen molar-refractivity contribution < 1.29 is 9.53 Å². The predicted molar refractivity (Wildman–Crippen MR) is 85.7 cm³/mol. The number of carbonyl (C=O) groups is 1. The van der Waals surface area contributed by atoms with Crippen LogP contribution in [0.5, 0.6) is 0 Å². The summed E-state index contributed by atoms with van der Waals surface area (Å²) in [6.45, 7) is 10.7. The van der Waals surface area contributed by atoms with Gasteiger partial charge in [-0.2, -0.15) is 0 Å². The Labute approximate surface area is 128 Å². The first-order valence-corrected chi connectivity index (χ1v) is 7.79. The Morgan fingerprint density at radius 3 is 2.24 bits per heavy atom. The van der Waals surface area contributed by atoms with Gasteiger partial charge in [0, 0.05) is 12.0 Å². The van der Waals surface area contributed by atoms with Gasteiger partial charge < -0.3 is 10.1 Å². The number of hydrogen-bond acceptors (Lipinski definition) is 2. The smallest absolute Gasteiger partial charge is 0.407 e. The van der Waals surface area contributed by atoms with Crippen LogP contribution in [0.4, 0.5) is 4.79 Å². The summed E-state index contributed by atoms with van der Waals surface area (Å²) in [5.74, 6) is 0.550. The van der Waals surface area contributed by atoms with Crippen molar-refractivity contribution in [1.29, 1.82) is 0 Å². The van der Waals surface area contributed by atoms with Crippen LogP contribution < -0.4 is 5.32 Å². The summed E-state index contributed by atoms with van der Waals surface area (Å²) in [4.78, 5) is 11.8. The Morgan fingerprint density at radius 1 is 1.24 bits per heavy atom. The minimum absolute atomic E-state index is 0.117. The third-order valence-corrected chi connectivity index (χ3v) is 4.01. The molecule has 3 nitrogen and oxygen atoms in total. The van der Waals surface area contributed by atoms with Crippen LogP contribution in [-0.2, 0) is 10.2 Å². The van der Waals surface area contributed by atoms with Crippen molar-refractivity contribution in [2.75, 3.05) is 6.54 Å². The number of alkyl carbamates (subject to hydrolysis) is 1. The van der Waals surface area contributed by atoms with Crippen molar-refractivity contribution in [2.45, 2.75) is 64.4 Å². The molecule has 0 spiro atoms. The van der Waals surface area contributed by atoms with E-state index in [1.54, 1.807) is 0 Å². The Balaban J connectivity index is 1.95. The molecule has 1 aromatic rings. The van der Waals surface area contributed by atoms with Gasteiger partial charge >= 0.3 is 6.09 Å². The van der Waals surface area contributed by atoms with E-state index in [-0.39, 0.29) is 11.5 Å². The number of benzene rings is 1. The first-order chi connectivity index (χ1) is 9.72. The van der Waals surface area contributed by atoms with Crippen molar-refractivity contribution in [3.63, 3.8) is 0 Å². The van der Waals surface area contributed by atoms with Gasteiger partial charge in [0.15, 0.2) is 0 Å². The largest absolute Gasteiger partial charge is 0.444 e. The Morgan fingerprint density at radius 2 is 1.81 bits per heavy atom. The molecule has 0 heterocycles. The zero-order valence-corrected chi connectivity index (χ0v) is 13.8. The molecule has 116 valence electrons. The number of amides is 1.